The Bertz CT molecular complexity index is 1200. The third kappa shape index (κ3) is 5.14. The molecule has 0 aliphatic carbocycles. The number of sulfone groups is 1. The smallest absolute Gasteiger partial charge is 0.743 e. The van der Waals surface area contributed by atoms with Gasteiger partial charge in [0.05, 0.1) is 0 Å². The molecule has 0 saturated heterocycles. The van der Waals surface area contributed by atoms with Gasteiger partial charge < -0.3 is 9.29 Å². The van der Waals surface area contributed by atoms with Gasteiger partial charge in [-0.15, -0.1) is 0 Å². The topological polar surface area (TPSA) is 101 Å². The average molecular weight is 536 g/mol. The largest absolute Gasteiger partial charge is 1.00 e. The maximum atomic E-state index is 14.1. The maximum absolute atomic E-state index is 14.1. The van der Waals surface area contributed by atoms with Gasteiger partial charge in [-0.1, -0.05) is 30.3 Å². The summed E-state index contributed by atoms with van der Waals surface area (Å²) in [5.41, 5.74) is 0.442. The van der Waals surface area contributed by atoms with Gasteiger partial charge in [0.1, 0.15) is 28.9 Å². The summed E-state index contributed by atoms with van der Waals surface area (Å²) in [6.45, 7) is -0.354. The molecule has 178 valence electrons. The van der Waals surface area contributed by atoms with Crippen molar-refractivity contribution >= 4 is 20.0 Å². The SMILES string of the molecule is O=S(=O)([O-])C(F)(F)C(F)(F)C(F)(F)S(=O)(=O)c1c(F)cc(OCc2ccccc2)cc1F.[Na+]. The van der Waals surface area contributed by atoms with E-state index in [1.54, 1.807) is 18.2 Å². The molecule has 0 saturated carbocycles. The molecule has 0 N–H and O–H groups in total. The van der Waals surface area contributed by atoms with Gasteiger partial charge in [-0.05, 0) is 5.56 Å². The van der Waals surface area contributed by atoms with Crippen LogP contribution in [0.1, 0.15) is 5.56 Å². The molecule has 0 amide bonds. The van der Waals surface area contributed by atoms with Crippen LogP contribution < -0.4 is 34.3 Å². The van der Waals surface area contributed by atoms with E-state index in [4.69, 9.17) is 4.74 Å². The van der Waals surface area contributed by atoms with Crippen LogP contribution in [-0.2, 0) is 26.6 Å². The van der Waals surface area contributed by atoms with Crippen LogP contribution in [0.5, 0.6) is 5.75 Å². The molecular weight excluding hydrogens is 527 g/mol. The van der Waals surface area contributed by atoms with E-state index < -0.39 is 58.7 Å². The van der Waals surface area contributed by atoms with Crippen molar-refractivity contribution in [3.8, 4) is 5.75 Å². The minimum Gasteiger partial charge on any atom is -0.743 e. The van der Waals surface area contributed by atoms with Gasteiger partial charge in [0.15, 0.2) is 10.1 Å². The van der Waals surface area contributed by atoms with E-state index in [-0.39, 0.29) is 48.3 Å². The van der Waals surface area contributed by atoms with Crippen LogP contribution in [0.3, 0.4) is 0 Å². The van der Waals surface area contributed by atoms with Crippen molar-refractivity contribution in [1.82, 2.24) is 0 Å². The van der Waals surface area contributed by atoms with E-state index >= 15 is 0 Å². The predicted molar refractivity (Wildman–Crippen MR) is 88.9 cm³/mol. The molecule has 0 aromatic heterocycles. The van der Waals surface area contributed by atoms with Crippen LogP contribution >= 0.6 is 0 Å². The molecule has 0 heterocycles. The number of hydrogen-bond acceptors (Lipinski definition) is 6. The first-order valence-electron chi connectivity index (χ1n) is 7.87. The zero-order valence-electron chi connectivity index (χ0n) is 16.0. The van der Waals surface area contributed by atoms with E-state index in [0.29, 0.717) is 5.56 Å². The molecule has 0 unspecified atom stereocenters. The van der Waals surface area contributed by atoms with E-state index in [1.807, 2.05) is 0 Å². The minimum absolute atomic E-state index is 0. The summed E-state index contributed by atoms with van der Waals surface area (Å²) in [6.07, 6.45) is 0. The van der Waals surface area contributed by atoms with Crippen LogP contribution in [0.25, 0.3) is 0 Å². The van der Waals surface area contributed by atoms with Crippen LogP contribution in [0.2, 0.25) is 0 Å². The molecule has 0 atom stereocenters. The second-order valence-electron chi connectivity index (χ2n) is 6.06. The first-order valence-corrected chi connectivity index (χ1v) is 10.8. The fourth-order valence-electron chi connectivity index (χ4n) is 2.24. The number of ether oxygens (including phenoxy) is 1. The molecule has 0 aliphatic rings. The summed E-state index contributed by atoms with van der Waals surface area (Å²) in [7, 11) is -14.9. The maximum Gasteiger partial charge on any atom is 1.00 e. The third-order valence-electron chi connectivity index (χ3n) is 3.87. The Balaban J connectivity index is 0.00000544. The van der Waals surface area contributed by atoms with Gasteiger partial charge in [-0.2, -0.15) is 26.3 Å². The number of halogens is 8. The van der Waals surface area contributed by atoms with E-state index in [9.17, 15) is 56.5 Å². The van der Waals surface area contributed by atoms with Gasteiger partial charge in [0.2, 0.25) is 0 Å². The number of alkyl halides is 6. The molecule has 17 heteroatoms. The quantitative estimate of drug-likeness (QED) is 0.280. The normalized spacial score (nSPS) is 13.4. The second kappa shape index (κ2) is 9.65. The Morgan fingerprint density at radius 2 is 1.27 bits per heavy atom. The van der Waals surface area contributed by atoms with Gasteiger partial charge in [0, 0.05) is 12.1 Å². The zero-order chi connectivity index (χ0) is 24.8. The Kier molecular flexibility index (Phi) is 8.65. The second-order valence-corrected chi connectivity index (χ2v) is 9.40. The molecule has 0 spiro atoms. The molecule has 6 nitrogen and oxygen atoms in total. The van der Waals surface area contributed by atoms with Crippen molar-refractivity contribution in [2.75, 3.05) is 0 Å². The summed E-state index contributed by atoms with van der Waals surface area (Å²) in [5.74, 6) is -13.1. The Labute approximate surface area is 203 Å². The molecule has 2 rings (SSSR count). The van der Waals surface area contributed by atoms with Gasteiger partial charge in [0.25, 0.3) is 9.84 Å². The Morgan fingerprint density at radius 1 is 0.818 bits per heavy atom. The molecule has 33 heavy (non-hydrogen) atoms. The van der Waals surface area contributed by atoms with Crippen molar-refractivity contribution in [3.63, 3.8) is 0 Å². The number of benzene rings is 2. The summed E-state index contributed by atoms with van der Waals surface area (Å²) in [6, 6.07) is 7.70. The number of hydrogen-bond donors (Lipinski definition) is 0. The standard InChI is InChI=1S/C16H10F8O6S2.Na/c17-11-6-10(30-8-9-4-2-1-3-5-9)7-12(18)13(11)31(25,26)15(21,22)14(19,20)16(23,24)32(27,28)29;/h1-7H,8H2,(H,27,28,29);/q;+1/p-1. The van der Waals surface area contributed by atoms with Gasteiger partial charge in [-0.3, -0.25) is 0 Å². The van der Waals surface area contributed by atoms with Crippen molar-refractivity contribution in [2.24, 2.45) is 0 Å². The summed E-state index contributed by atoms with van der Waals surface area (Å²) in [5, 5.41) is -14.3. The van der Waals surface area contributed by atoms with E-state index in [1.165, 1.54) is 12.1 Å². The predicted octanol–water partition coefficient (Wildman–Crippen LogP) is 0.688. The van der Waals surface area contributed by atoms with Crippen molar-refractivity contribution in [3.05, 3.63) is 59.7 Å². The molecule has 0 fully saturated rings. The molecule has 2 aromatic rings. The average Bonchev–Trinajstić information content (AvgIpc) is 2.65. The molecular formula is C16H9F8NaO6S2. The van der Waals surface area contributed by atoms with Gasteiger partial charge >= 0.3 is 46.0 Å². The molecule has 0 aliphatic heterocycles. The Morgan fingerprint density at radius 3 is 1.70 bits per heavy atom. The van der Waals surface area contributed by atoms with E-state index in [0.717, 1.165) is 0 Å². The fourth-order valence-corrected chi connectivity index (χ4v) is 4.10. The summed E-state index contributed by atoms with van der Waals surface area (Å²) < 4.78 is 169. The van der Waals surface area contributed by atoms with Crippen LogP contribution in [0.15, 0.2) is 47.4 Å². The molecule has 0 radical (unpaired) electrons. The van der Waals surface area contributed by atoms with E-state index in [2.05, 4.69) is 0 Å². The first kappa shape index (κ1) is 29.6. The molecule has 0 bridgehead atoms. The van der Waals surface area contributed by atoms with Crippen molar-refractivity contribution < 1.29 is 90.8 Å². The monoisotopic (exact) mass is 536 g/mol. The van der Waals surface area contributed by atoms with Crippen LogP contribution in [-0.4, -0.2) is 37.8 Å². The van der Waals surface area contributed by atoms with Crippen LogP contribution in [0, 0.1) is 11.6 Å². The molecule has 2 aromatic carbocycles. The Hall–Kier alpha value is -1.46. The third-order valence-corrected chi connectivity index (χ3v) is 6.61. The van der Waals surface area contributed by atoms with Crippen molar-refractivity contribution in [1.29, 1.82) is 0 Å². The fraction of sp³-hybridized carbons (Fsp3) is 0.250. The first-order chi connectivity index (χ1) is 14.4. The van der Waals surface area contributed by atoms with Gasteiger partial charge in [-0.25, -0.2) is 25.6 Å². The zero-order valence-corrected chi connectivity index (χ0v) is 19.7. The minimum atomic E-state index is -7.53. The summed E-state index contributed by atoms with van der Waals surface area (Å²) in [4.78, 5) is -2.77. The van der Waals surface area contributed by atoms with Crippen molar-refractivity contribution in [2.45, 2.75) is 27.9 Å². The van der Waals surface area contributed by atoms with Crippen LogP contribution in [0.4, 0.5) is 35.1 Å². The number of rotatable bonds is 8. The summed E-state index contributed by atoms with van der Waals surface area (Å²) >= 11 is 0.